The molecule has 0 amide bonds. The number of nitrogens with zero attached hydrogens (tertiary/aromatic N) is 1. The monoisotopic (exact) mass is 417 g/mol. The first-order valence-corrected chi connectivity index (χ1v) is 10.3. The summed E-state index contributed by atoms with van der Waals surface area (Å²) in [5.74, 6) is -0.328. The van der Waals surface area contributed by atoms with Crippen LogP contribution < -0.4 is 0 Å². The molecular formula is C28H19NO3. The molecule has 32 heavy (non-hydrogen) atoms. The lowest BCUT2D eigenvalue weighted by molar-refractivity contribution is -0.114. The SMILES string of the molecule is CC(=O)C1=CN2C(=CC1=C1C=CC(=O)C=C1)C(=O)C(c1ccccc1)=C2c1ccccc1. The van der Waals surface area contributed by atoms with Crippen molar-refractivity contribution < 1.29 is 14.4 Å². The molecule has 0 aromatic heterocycles. The van der Waals surface area contributed by atoms with Crippen molar-refractivity contribution in [2.45, 2.75) is 6.92 Å². The Balaban J connectivity index is 1.76. The van der Waals surface area contributed by atoms with Gasteiger partial charge in [-0.15, -0.1) is 0 Å². The minimum atomic E-state index is -0.116. The maximum absolute atomic E-state index is 13.7. The molecule has 0 saturated heterocycles. The second-order valence-corrected chi connectivity index (χ2v) is 7.72. The molecule has 2 aliphatic heterocycles. The molecule has 0 atom stereocenters. The highest BCUT2D eigenvalue weighted by Gasteiger charge is 2.38. The fourth-order valence-electron chi connectivity index (χ4n) is 4.17. The second kappa shape index (κ2) is 7.75. The lowest BCUT2D eigenvalue weighted by Gasteiger charge is -2.26. The lowest BCUT2D eigenvalue weighted by atomic mass is 9.91. The van der Waals surface area contributed by atoms with Gasteiger partial charge < -0.3 is 4.90 Å². The number of carbonyl (C=O) groups is 3. The van der Waals surface area contributed by atoms with Crippen LogP contribution in [0.1, 0.15) is 18.1 Å². The molecule has 3 aliphatic rings. The van der Waals surface area contributed by atoms with Crippen LogP contribution in [0.3, 0.4) is 0 Å². The van der Waals surface area contributed by atoms with Gasteiger partial charge in [-0.3, -0.25) is 14.4 Å². The van der Waals surface area contributed by atoms with E-state index in [1.165, 1.54) is 19.1 Å². The smallest absolute Gasteiger partial charge is 0.212 e. The van der Waals surface area contributed by atoms with Crippen molar-refractivity contribution in [1.29, 1.82) is 0 Å². The Hall–Kier alpha value is -4.31. The maximum Gasteiger partial charge on any atom is 0.212 e. The average Bonchev–Trinajstić information content (AvgIpc) is 3.11. The molecule has 0 N–H and O–H groups in total. The summed E-state index contributed by atoms with van der Waals surface area (Å²) in [7, 11) is 0. The Morgan fingerprint density at radius 3 is 1.97 bits per heavy atom. The Bertz CT molecular complexity index is 1330. The Morgan fingerprint density at radius 1 is 0.781 bits per heavy atom. The van der Waals surface area contributed by atoms with Crippen molar-refractivity contribution in [2.24, 2.45) is 0 Å². The van der Waals surface area contributed by atoms with Gasteiger partial charge in [0, 0.05) is 11.8 Å². The number of carbonyl (C=O) groups excluding carboxylic acids is 3. The summed E-state index contributed by atoms with van der Waals surface area (Å²) >= 11 is 0. The molecule has 0 saturated carbocycles. The minimum absolute atomic E-state index is 0.105. The quantitative estimate of drug-likeness (QED) is 0.720. The minimum Gasteiger partial charge on any atom is -0.311 e. The summed E-state index contributed by atoms with van der Waals surface area (Å²) in [6.45, 7) is 1.51. The van der Waals surface area contributed by atoms with Crippen LogP contribution in [-0.4, -0.2) is 22.2 Å². The van der Waals surface area contributed by atoms with Crippen molar-refractivity contribution in [3.05, 3.63) is 131 Å². The van der Waals surface area contributed by atoms with Gasteiger partial charge in [0.15, 0.2) is 11.6 Å². The number of hydrogen-bond donors (Lipinski definition) is 0. The summed E-state index contributed by atoms with van der Waals surface area (Å²) in [6, 6.07) is 19.3. The molecule has 1 aliphatic carbocycles. The van der Waals surface area contributed by atoms with Gasteiger partial charge in [0.1, 0.15) is 0 Å². The highest BCUT2D eigenvalue weighted by atomic mass is 16.1. The molecule has 2 aromatic carbocycles. The molecule has 0 spiro atoms. The normalized spacial score (nSPS) is 17.6. The van der Waals surface area contributed by atoms with Gasteiger partial charge in [-0.05, 0) is 47.4 Å². The zero-order chi connectivity index (χ0) is 22.2. The van der Waals surface area contributed by atoms with Crippen LogP contribution in [0.4, 0.5) is 0 Å². The summed E-state index contributed by atoms with van der Waals surface area (Å²) < 4.78 is 0. The molecule has 154 valence electrons. The van der Waals surface area contributed by atoms with E-state index in [-0.39, 0.29) is 17.3 Å². The van der Waals surface area contributed by atoms with Gasteiger partial charge in [-0.2, -0.15) is 0 Å². The fourth-order valence-corrected chi connectivity index (χ4v) is 4.17. The first-order chi connectivity index (χ1) is 15.5. The van der Waals surface area contributed by atoms with E-state index in [1.807, 2.05) is 65.6 Å². The van der Waals surface area contributed by atoms with Gasteiger partial charge in [0.25, 0.3) is 0 Å². The average molecular weight is 417 g/mol. The number of benzene rings is 2. The van der Waals surface area contributed by atoms with E-state index in [1.54, 1.807) is 24.4 Å². The van der Waals surface area contributed by atoms with Crippen LogP contribution in [-0.2, 0) is 14.4 Å². The highest BCUT2D eigenvalue weighted by Crippen LogP contribution is 2.44. The molecule has 2 aromatic rings. The van der Waals surface area contributed by atoms with E-state index in [4.69, 9.17) is 0 Å². The highest BCUT2D eigenvalue weighted by molar-refractivity contribution is 6.38. The summed E-state index contributed by atoms with van der Waals surface area (Å²) in [5, 5.41) is 0. The van der Waals surface area contributed by atoms with Crippen LogP contribution in [0.25, 0.3) is 11.3 Å². The maximum atomic E-state index is 13.7. The van der Waals surface area contributed by atoms with E-state index < -0.39 is 0 Å². The van der Waals surface area contributed by atoms with Crippen LogP contribution in [0.15, 0.2) is 120 Å². The van der Waals surface area contributed by atoms with Crippen LogP contribution in [0.2, 0.25) is 0 Å². The Kier molecular flexibility index (Phi) is 4.75. The number of Topliss-reactive ketones (excluding diaryl/α,β-unsaturated/α-hetero) is 2. The number of allylic oxidation sites excluding steroid dienone is 9. The largest absolute Gasteiger partial charge is 0.311 e. The zero-order valence-corrected chi connectivity index (χ0v) is 17.4. The van der Waals surface area contributed by atoms with Gasteiger partial charge in [-0.1, -0.05) is 72.8 Å². The second-order valence-electron chi connectivity index (χ2n) is 7.72. The number of rotatable bonds is 3. The molecule has 0 unspecified atom stereocenters. The van der Waals surface area contributed by atoms with E-state index >= 15 is 0 Å². The molecule has 5 rings (SSSR count). The zero-order valence-electron chi connectivity index (χ0n) is 17.4. The molecule has 4 nitrogen and oxygen atoms in total. The van der Waals surface area contributed by atoms with E-state index in [2.05, 4.69) is 0 Å². The number of ketones is 3. The van der Waals surface area contributed by atoms with E-state index in [0.29, 0.717) is 22.4 Å². The lowest BCUT2D eigenvalue weighted by Crippen LogP contribution is -2.21. The summed E-state index contributed by atoms with van der Waals surface area (Å²) in [6.07, 6.45) is 9.80. The van der Waals surface area contributed by atoms with E-state index in [9.17, 15) is 14.4 Å². The van der Waals surface area contributed by atoms with Crippen molar-refractivity contribution in [3.63, 3.8) is 0 Å². The molecule has 4 heteroatoms. The van der Waals surface area contributed by atoms with Gasteiger partial charge in [-0.25, -0.2) is 0 Å². The van der Waals surface area contributed by atoms with Crippen molar-refractivity contribution in [3.8, 4) is 0 Å². The topological polar surface area (TPSA) is 54.5 Å². The van der Waals surface area contributed by atoms with E-state index in [0.717, 1.165) is 22.4 Å². The first-order valence-electron chi connectivity index (χ1n) is 10.3. The third-order valence-electron chi connectivity index (χ3n) is 5.68. The molecule has 0 radical (unpaired) electrons. The van der Waals surface area contributed by atoms with Gasteiger partial charge in [0.2, 0.25) is 5.78 Å². The summed E-state index contributed by atoms with van der Waals surface area (Å²) in [4.78, 5) is 39.7. The third-order valence-corrected chi connectivity index (χ3v) is 5.68. The predicted molar refractivity (Wildman–Crippen MR) is 124 cm³/mol. The van der Waals surface area contributed by atoms with Crippen molar-refractivity contribution in [1.82, 2.24) is 4.90 Å². The van der Waals surface area contributed by atoms with Gasteiger partial charge in [0.05, 0.1) is 17.0 Å². The Labute approximate surface area is 185 Å². The molecule has 2 heterocycles. The van der Waals surface area contributed by atoms with Crippen LogP contribution in [0, 0.1) is 0 Å². The summed E-state index contributed by atoms with van der Waals surface area (Å²) in [5.41, 5.74) is 5.39. The van der Waals surface area contributed by atoms with Crippen molar-refractivity contribution in [2.75, 3.05) is 0 Å². The first kappa shape index (κ1) is 19.6. The third kappa shape index (κ3) is 3.22. The van der Waals surface area contributed by atoms with Crippen LogP contribution in [0.5, 0.6) is 0 Å². The fraction of sp³-hybridized carbons (Fsp3) is 0.0357. The number of fused-ring (bicyclic) bond motifs is 1. The van der Waals surface area contributed by atoms with Crippen molar-refractivity contribution >= 4 is 28.6 Å². The standard InChI is InChI=1S/C28H19NO3/c1-18(30)24-17-29-25(16-23(24)19-12-14-22(31)15-13-19)28(32)26(20-8-4-2-5-9-20)27(29)21-10-6-3-7-11-21/h2-17H,1H3. The molecular weight excluding hydrogens is 398 g/mol. The number of hydrogen-bond acceptors (Lipinski definition) is 4. The molecule has 0 fully saturated rings. The van der Waals surface area contributed by atoms with Crippen LogP contribution >= 0.6 is 0 Å². The van der Waals surface area contributed by atoms with Gasteiger partial charge >= 0.3 is 0 Å². The molecule has 0 bridgehead atoms. The Morgan fingerprint density at radius 2 is 1.38 bits per heavy atom. The predicted octanol–water partition coefficient (Wildman–Crippen LogP) is 4.80.